The van der Waals surface area contributed by atoms with Gasteiger partial charge in [0.05, 0.1) is 0 Å². The maximum atomic E-state index is 11.8. The van der Waals surface area contributed by atoms with Crippen molar-refractivity contribution in [3.63, 3.8) is 0 Å². The van der Waals surface area contributed by atoms with Crippen LogP contribution < -0.4 is 0 Å². The SMILES string of the molecule is CCCC#CC#CCCC=CC=CC(=O)N1CCCCC1. The van der Waals surface area contributed by atoms with Gasteiger partial charge in [0, 0.05) is 32.0 Å². The molecule has 0 unspecified atom stereocenters. The van der Waals surface area contributed by atoms with Crippen LogP contribution in [0.15, 0.2) is 24.3 Å². The van der Waals surface area contributed by atoms with Crippen molar-refractivity contribution in [2.24, 2.45) is 0 Å². The monoisotopic (exact) mass is 283 g/mol. The Labute approximate surface area is 129 Å². The first-order valence-corrected chi connectivity index (χ1v) is 7.92. The molecule has 0 spiro atoms. The van der Waals surface area contributed by atoms with Crippen LogP contribution in [0.25, 0.3) is 0 Å². The third kappa shape index (κ3) is 8.77. The van der Waals surface area contributed by atoms with Crippen molar-refractivity contribution in [3.8, 4) is 23.7 Å². The van der Waals surface area contributed by atoms with Crippen LogP contribution in [0, 0.1) is 23.7 Å². The van der Waals surface area contributed by atoms with Crippen molar-refractivity contribution in [2.45, 2.75) is 51.9 Å². The molecule has 0 aromatic heterocycles. The van der Waals surface area contributed by atoms with Gasteiger partial charge in [0.15, 0.2) is 0 Å². The molecule has 0 saturated carbocycles. The summed E-state index contributed by atoms with van der Waals surface area (Å²) < 4.78 is 0. The van der Waals surface area contributed by atoms with E-state index in [0.717, 1.165) is 51.6 Å². The molecule has 1 fully saturated rings. The molecule has 0 aromatic carbocycles. The Morgan fingerprint density at radius 1 is 1.05 bits per heavy atom. The summed E-state index contributed by atoms with van der Waals surface area (Å²) >= 11 is 0. The summed E-state index contributed by atoms with van der Waals surface area (Å²) in [5.41, 5.74) is 0. The maximum Gasteiger partial charge on any atom is 0.246 e. The van der Waals surface area contributed by atoms with E-state index in [-0.39, 0.29) is 5.91 Å². The minimum atomic E-state index is 0.130. The van der Waals surface area contributed by atoms with E-state index in [1.807, 2.05) is 23.1 Å². The molecule has 0 aromatic rings. The van der Waals surface area contributed by atoms with E-state index in [1.165, 1.54) is 6.42 Å². The first kappa shape index (κ1) is 17.1. The van der Waals surface area contributed by atoms with Crippen LogP contribution >= 0.6 is 0 Å². The zero-order chi connectivity index (χ0) is 15.2. The van der Waals surface area contributed by atoms with Gasteiger partial charge in [0.2, 0.25) is 5.91 Å². The van der Waals surface area contributed by atoms with Crippen LogP contribution in [0.5, 0.6) is 0 Å². The van der Waals surface area contributed by atoms with Gasteiger partial charge < -0.3 is 4.90 Å². The summed E-state index contributed by atoms with van der Waals surface area (Å²) in [5.74, 6) is 11.8. The average Bonchev–Trinajstić information content (AvgIpc) is 2.53. The fourth-order valence-corrected chi connectivity index (χ4v) is 2.03. The number of likely N-dealkylation sites (tertiary alicyclic amines) is 1. The summed E-state index contributed by atoms with van der Waals surface area (Å²) in [5, 5.41) is 0. The van der Waals surface area contributed by atoms with E-state index in [1.54, 1.807) is 6.08 Å². The Hall–Kier alpha value is -1.93. The third-order valence-electron chi connectivity index (χ3n) is 3.20. The second kappa shape index (κ2) is 11.9. The van der Waals surface area contributed by atoms with Crippen LogP contribution in [0.3, 0.4) is 0 Å². The highest BCUT2D eigenvalue weighted by molar-refractivity contribution is 5.87. The molecule has 0 atom stereocenters. The molecule has 21 heavy (non-hydrogen) atoms. The summed E-state index contributed by atoms with van der Waals surface area (Å²) in [7, 11) is 0. The Bertz CT molecular complexity index is 473. The highest BCUT2D eigenvalue weighted by atomic mass is 16.2. The number of nitrogens with zero attached hydrogens (tertiary/aromatic N) is 1. The number of carbonyl (C=O) groups is 1. The summed E-state index contributed by atoms with van der Waals surface area (Å²) in [6.45, 7) is 3.92. The lowest BCUT2D eigenvalue weighted by atomic mass is 10.1. The van der Waals surface area contributed by atoms with Crippen LogP contribution in [-0.4, -0.2) is 23.9 Å². The number of hydrogen-bond donors (Lipinski definition) is 0. The van der Waals surface area contributed by atoms with Crippen molar-refractivity contribution < 1.29 is 4.79 Å². The molecule has 1 rings (SSSR count). The van der Waals surface area contributed by atoms with Crippen molar-refractivity contribution in [1.29, 1.82) is 0 Å². The predicted octanol–water partition coefficient (Wildman–Crippen LogP) is 3.70. The Balaban J connectivity index is 2.15. The lowest BCUT2D eigenvalue weighted by Crippen LogP contribution is -2.34. The minimum absolute atomic E-state index is 0.130. The molecule has 0 aliphatic carbocycles. The number of hydrogen-bond acceptors (Lipinski definition) is 1. The van der Waals surface area contributed by atoms with Gasteiger partial charge in [-0.1, -0.05) is 37.0 Å². The van der Waals surface area contributed by atoms with Crippen molar-refractivity contribution in [3.05, 3.63) is 24.3 Å². The number of allylic oxidation sites excluding steroid dienone is 3. The second-order valence-electron chi connectivity index (χ2n) is 5.07. The molecule has 2 heteroatoms. The number of carbonyl (C=O) groups excluding carboxylic acids is 1. The van der Waals surface area contributed by atoms with E-state index in [0.29, 0.717) is 0 Å². The molecule has 1 aliphatic rings. The number of rotatable bonds is 5. The molecule has 1 heterocycles. The van der Waals surface area contributed by atoms with Crippen molar-refractivity contribution in [2.75, 3.05) is 13.1 Å². The molecule has 1 aliphatic heterocycles. The van der Waals surface area contributed by atoms with Gasteiger partial charge in [-0.25, -0.2) is 0 Å². The van der Waals surface area contributed by atoms with Crippen molar-refractivity contribution in [1.82, 2.24) is 4.90 Å². The fourth-order valence-electron chi connectivity index (χ4n) is 2.03. The van der Waals surface area contributed by atoms with Gasteiger partial charge in [-0.15, -0.1) is 0 Å². The van der Waals surface area contributed by atoms with Crippen LogP contribution in [0.1, 0.15) is 51.9 Å². The number of unbranched alkanes of at least 4 members (excludes halogenated alkanes) is 2. The Morgan fingerprint density at radius 3 is 2.48 bits per heavy atom. The van der Waals surface area contributed by atoms with Gasteiger partial charge >= 0.3 is 0 Å². The van der Waals surface area contributed by atoms with Crippen molar-refractivity contribution >= 4 is 5.91 Å². The minimum Gasteiger partial charge on any atom is -0.339 e. The molecule has 2 nitrogen and oxygen atoms in total. The largest absolute Gasteiger partial charge is 0.339 e. The van der Waals surface area contributed by atoms with Gasteiger partial charge in [0.25, 0.3) is 0 Å². The number of amides is 1. The van der Waals surface area contributed by atoms with E-state index in [2.05, 4.69) is 30.6 Å². The average molecular weight is 283 g/mol. The maximum absolute atomic E-state index is 11.8. The van der Waals surface area contributed by atoms with E-state index >= 15 is 0 Å². The Kier molecular flexibility index (Phi) is 9.67. The molecule has 112 valence electrons. The van der Waals surface area contributed by atoms with Crippen LogP contribution in [-0.2, 0) is 4.79 Å². The van der Waals surface area contributed by atoms with E-state index < -0.39 is 0 Å². The first-order chi connectivity index (χ1) is 10.3. The van der Waals surface area contributed by atoms with E-state index in [9.17, 15) is 4.79 Å². The summed E-state index contributed by atoms with van der Waals surface area (Å²) in [6, 6.07) is 0. The summed E-state index contributed by atoms with van der Waals surface area (Å²) in [4.78, 5) is 13.8. The number of piperidine rings is 1. The lowest BCUT2D eigenvalue weighted by Gasteiger charge is -2.25. The zero-order valence-electron chi connectivity index (χ0n) is 13.0. The van der Waals surface area contributed by atoms with Gasteiger partial charge in [-0.2, -0.15) is 0 Å². The van der Waals surface area contributed by atoms with Gasteiger partial charge in [-0.05, 0) is 43.9 Å². The first-order valence-electron chi connectivity index (χ1n) is 7.92. The molecular weight excluding hydrogens is 258 g/mol. The lowest BCUT2D eigenvalue weighted by molar-refractivity contribution is -0.126. The molecule has 1 amide bonds. The highest BCUT2D eigenvalue weighted by Crippen LogP contribution is 2.08. The molecule has 1 saturated heterocycles. The molecule has 0 N–H and O–H groups in total. The fraction of sp³-hybridized carbons (Fsp3) is 0.526. The van der Waals surface area contributed by atoms with Crippen LogP contribution in [0.2, 0.25) is 0 Å². The van der Waals surface area contributed by atoms with Crippen LogP contribution in [0.4, 0.5) is 0 Å². The molecule has 0 bridgehead atoms. The second-order valence-corrected chi connectivity index (χ2v) is 5.07. The normalized spacial score (nSPS) is 14.6. The smallest absolute Gasteiger partial charge is 0.246 e. The third-order valence-corrected chi connectivity index (χ3v) is 3.20. The zero-order valence-corrected chi connectivity index (χ0v) is 13.0. The quantitative estimate of drug-likeness (QED) is 0.326. The topological polar surface area (TPSA) is 20.3 Å². The molecular formula is C19H25NO. The predicted molar refractivity (Wildman–Crippen MR) is 88.4 cm³/mol. The standard InChI is InChI=1S/C19H25NO/c1-2-3-4-5-6-7-8-9-10-11-13-16-19(21)20-17-14-12-15-18-20/h10-11,13,16H,2-3,8-9,12,14-15,17-18H2,1H3. The van der Waals surface area contributed by atoms with Gasteiger partial charge in [-0.3, -0.25) is 4.79 Å². The highest BCUT2D eigenvalue weighted by Gasteiger charge is 2.12. The van der Waals surface area contributed by atoms with E-state index in [4.69, 9.17) is 0 Å². The summed E-state index contributed by atoms with van der Waals surface area (Å²) in [6.07, 6.45) is 14.7. The Morgan fingerprint density at radius 2 is 1.76 bits per heavy atom. The molecule has 0 radical (unpaired) electrons. The van der Waals surface area contributed by atoms with Gasteiger partial charge in [0.1, 0.15) is 0 Å².